The largest absolute Gasteiger partial charge is 0.452 e. The summed E-state index contributed by atoms with van der Waals surface area (Å²) in [7, 11) is 0. The molecule has 0 aliphatic carbocycles. The van der Waals surface area contributed by atoms with Crippen LogP contribution in [-0.4, -0.2) is 38.1 Å². The Morgan fingerprint density at radius 2 is 1.87 bits per heavy atom. The molecule has 1 aromatic carbocycles. The summed E-state index contributed by atoms with van der Waals surface area (Å²) in [5.74, 6) is 1.49. The number of furan rings is 1. The number of anilines is 1. The van der Waals surface area contributed by atoms with Crippen LogP contribution < -0.4 is 4.90 Å². The smallest absolute Gasteiger partial charge is 0.176 e. The Morgan fingerprint density at radius 1 is 1.03 bits per heavy atom. The second-order valence-corrected chi connectivity index (χ2v) is 7.00. The molecule has 0 aliphatic heterocycles. The van der Waals surface area contributed by atoms with Crippen molar-refractivity contribution >= 4 is 16.8 Å². The average molecular weight is 398 g/mol. The van der Waals surface area contributed by atoms with Gasteiger partial charge in [-0.15, -0.1) is 0 Å². The van der Waals surface area contributed by atoms with Gasteiger partial charge in [0.1, 0.15) is 11.3 Å². The summed E-state index contributed by atoms with van der Waals surface area (Å²) >= 11 is 0. The van der Waals surface area contributed by atoms with Gasteiger partial charge < -0.3 is 9.32 Å². The van der Waals surface area contributed by atoms with Crippen molar-refractivity contribution in [1.82, 2.24) is 25.0 Å². The van der Waals surface area contributed by atoms with Crippen LogP contribution in [0.15, 0.2) is 71.5 Å². The lowest BCUT2D eigenvalue weighted by atomic mass is 10.2. The van der Waals surface area contributed by atoms with Gasteiger partial charge in [0.2, 0.25) is 0 Å². The van der Waals surface area contributed by atoms with Gasteiger partial charge in [0.05, 0.1) is 23.1 Å². The molecule has 7 nitrogen and oxygen atoms in total. The van der Waals surface area contributed by atoms with E-state index in [0.29, 0.717) is 0 Å². The molecule has 0 unspecified atom stereocenters. The number of pyridine rings is 1. The van der Waals surface area contributed by atoms with Gasteiger partial charge in [-0.05, 0) is 19.9 Å². The van der Waals surface area contributed by atoms with Crippen molar-refractivity contribution in [1.29, 1.82) is 0 Å². The fraction of sp³-hybridized carbons (Fsp3) is 0.174. The summed E-state index contributed by atoms with van der Waals surface area (Å²) < 4.78 is 8.02. The zero-order valence-corrected chi connectivity index (χ0v) is 16.9. The van der Waals surface area contributed by atoms with Crippen LogP contribution in [0, 0.1) is 0 Å². The van der Waals surface area contributed by atoms with Gasteiger partial charge in [-0.2, -0.15) is 10.2 Å². The first kappa shape index (κ1) is 18.2. The first-order chi connectivity index (χ1) is 14.8. The van der Waals surface area contributed by atoms with E-state index >= 15 is 0 Å². The summed E-state index contributed by atoms with van der Waals surface area (Å²) in [6.07, 6.45) is 5.50. The van der Waals surface area contributed by atoms with Gasteiger partial charge in [-0.3, -0.25) is 5.10 Å². The molecule has 4 aromatic heterocycles. The van der Waals surface area contributed by atoms with E-state index in [-0.39, 0.29) is 0 Å². The van der Waals surface area contributed by atoms with Crippen molar-refractivity contribution in [3.63, 3.8) is 0 Å². The number of nitrogens with zero attached hydrogens (tertiary/aromatic N) is 5. The third kappa shape index (κ3) is 3.14. The standard InChI is InChI=1S/C23H22N6O/c1-3-28(4-2)20-13-22(29-11-10-18(27-29)16-8-6-5-7-9-16)26-19-12-21(30-23(19)20)17-14-24-25-15-17/h5-15H,3-4H2,1-2H3,(H,24,25). The molecular formula is C23H22N6O. The lowest BCUT2D eigenvalue weighted by Gasteiger charge is -2.21. The van der Waals surface area contributed by atoms with Gasteiger partial charge in [-0.1, -0.05) is 30.3 Å². The third-order valence-electron chi connectivity index (χ3n) is 5.23. The van der Waals surface area contributed by atoms with E-state index in [0.717, 1.165) is 58.3 Å². The predicted octanol–water partition coefficient (Wildman–Crippen LogP) is 4.92. The molecule has 150 valence electrons. The maximum absolute atomic E-state index is 6.20. The van der Waals surface area contributed by atoms with Gasteiger partial charge >= 0.3 is 0 Å². The Labute approximate surface area is 174 Å². The highest BCUT2D eigenvalue weighted by Gasteiger charge is 2.18. The molecule has 0 aliphatic rings. The SMILES string of the molecule is CCN(CC)c1cc(-n2ccc(-c3ccccc3)n2)nc2cc(-c3cn[nH]c3)oc12. The minimum absolute atomic E-state index is 0.738. The monoisotopic (exact) mass is 398 g/mol. The maximum atomic E-state index is 6.20. The van der Waals surface area contributed by atoms with Crippen LogP contribution in [0.25, 0.3) is 39.5 Å². The average Bonchev–Trinajstić information content (AvgIpc) is 3.55. The van der Waals surface area contributed by atoms with E-state index in [4.69, 9.17) is 14.5 Å². The molecule has 1 N–H and O–H groups in total. The van der Waals surface area contributed by atoms with Crippen molar-refractivity contribution < 1.29 is 4.42 Å². The molecule has 0 saturated carbocycles. The van der Waals surface area contributed by atoms with Gasteiger partial charge in [0.15, 0.2) is 11.4 Å². The van der Waals surface area contributed by atoms with Gasteiger partial charge in [-0.25, -0.2) is 9.67 Å². The number of aromatic amines is 1. The van der Waals surface area contributed by atoms with Crippen molar-refractivity contribution in [3.8, 4) is 28.4 Å². The van der Waals surface area contributed by atoms with Crippen LogP contribution in [-0.2, 0) is 0 Å². The number of nitrogens with one attached hydrogen (secondary N) is 1. The fourth-order valence-corrected chi connectivity index (χ4v) is 3.65. The van der Waals surface area contributed by atoms with Crippen LogP contribution in [0.5, 0.6) is 0 Å². The normalized spacial score (nSPS) is 11.3. The summed E-state index contributed by atoms with van der Waals surface area (Å²) in [5.41, 5.74) is 5.45. The number of fused-ring (bicyclic) bond motifs is 1. The van der Waals surface area contributed by atoms with Gasteiger partial charge in [0.25, 0.3) is 0 Å². The molecule has 5 aromatic rings. The molecule has 0 bridgehead atoms. The van der Waals surface area contributed by atoms with E-state index < -0.39 is 0 Å². The molecule has 4 heterocycles. The first-order valence-corrected chi connectivity index (χ1v) is 10.1. The molecule has 0 saturated heterocycles. The number of aromatic nitrogens is 5. The molecule has 0 atom stereocenters. The number of hydrogen-bond donors (Lipinski definition) is 1. The highest BCUT2D eigenvalue weighted by atomic mass is 16.3. The minimum Gasteiger partial charge on any atom is -0.452 e. The van der Waals surface area contributed by atoms with E-state index in [1.807, 2.05) is 53.5 Å². The van der Waals surface area contributed by atoms with Crippen LogP contribution in [0.2, 0.25) is 0 Å². The quantitative estimate of drug-likeness (QED) is 0.439. The number of H-pyrrole nitrogens is 1. The summed E-state index contributed by atoms with van der Waals surface area (Å²) in [5, 5.41) is 11.6. The van der Waals surface area contributed by atoms with Crippen LogP contribution in [0.1, 0.15) is 13.8 Å². The van der Waals surface area contributed by atoms with E-state index in [2.05, 4.69) is 41.1 Å². The van der Waals surface area contributed by atoms with Crippen molar-refractivity contribution in [2.75, 3.05) is 18.0 Å². The van der Waals surface area contributed by atoms with Crippen LogP contribution in [0.4, 0.5) is 5.69 Å². The number of rotatable bonds is 6. The third-order valence-corrected chi connectivity index (χ3v) is 5.23. The molecule has 0 spiro atoms. The fourth-order valence-electron chi connectivity index (χ4n) is 3.65. The summed E-state index contributed by atoms with van der Waals surface area (Å²) in [4.78, 5) is 7.11. The van der Waals surface area contributed by atoms with Crippen molar-refractivity contribution in [2.24, 2.45) is 0 Å². The maximum Gasteiger partial charge on any atom is 0.176 e. The van der Waals surface area contributed by atoms with E-state index in [1.54, 1.807) is 6.20 Å². The zero-order chi connectivity index (χ0) is 20.5. The first-order valence-electron chi connectivity index (χ1n) is 10.1. The van der Waals surface area contributed by atoms with Crippen LogP contribution in [0.3, 0.4) is 0 Å². The molecule has 30 heavy (non-hydrogen) atoms. The van der Waals surface area contributed by atoms with E-state index in [1.165, 1.54) is 0 Å². The van der Waals surface area contributed by atoms with E-state index in [9.17, 15) is 0 Å². The molecule has 0 amide bonds. The highest BCUT2D eigenvalue weighted by Crippen LogP contribution is 2.34. The second kappa shape index (κ2) is 7.51. The van der Waals surface area contributed by atoms with Crippen molar-refractivity contribution in [3.05, 3.63) is 67.1 Å². The van der Waals surface area contributed by atoms with Crippen molar-refractivity contribution in [2.45, 2.75) is 13.8 Å². The Hall–Kier alpha value is -3.87. The predicted molar refractivity (Wildman–Crippen MR) is 118 cm³/mol. The second-order valence-electron chi connectivity index (χ2n) is 7.00. The lowest BCUT2D eigenvalue weighted by molar-refractivity contribution is 0.628. The Balaban J connectivity index is 1.65. The van der Waals surface area contributed by atoms with Crippen LogP contribution >= 0.6 is 0 Å². The summed E-state index contributed by atoms with van der Waals surface area (Å²) in [6, 6.07) is 16.1. The lowest BCUT2D eigenvalue weighted by Crippen LogP contribution is -2.22. The molecule has 0 radical (unpaired) electrons. The topological polar surface area (TPSA) is 75.8 Å². The molecule has 5 rings (SSSR count). The van der Waals surface area contributed by atoms with Gasteiger partial charge in [0, 0.05) is 43.2 Å². The Morgan fingerprint density at radius 3 is 2.60 bits per heavy atom. The molecule has 0 fully saturated rings. The number of benzene rings is 1. The summed E-state index contributed by atoms with van der Waals surface area (Å²) in [6.45, 7) is 6.00. The zero-order valence-electron chi connectivity index (χ0n) is 16.9. The highest BCUT2D eigenvalue weighted by molar-refractivity contribution is 5.91. The Kier molecular flexibility index (Phi) is 4.55. The molecule has 7 heteroatoms. The minimum atomic E-state index is 0.738. The molecular weight excluding hydrogens is 376 g/mol. The Bertz CT molecular complexity index is 1270. The number of hydrogen-bond acceptors (Lipinski definition) is 5.